The first-order chi connectivity index (χ1) is 10.5. The van der Waals surface area contributed by atoms with Gasteiger partial charge in [-0.3, -0.25) is 10.1 Å². The molecule has 7 heteroatoms. The summed E-state index contributed by atoms with van der Waals surface area (Å²) in [4.78, 5) is 17.5. The summed E-state index contributed by atoms with van der Waals surface area (Å²) in [5.74, 6) is -0.139. The molecule has 0 spiro atoms. The van der Waals surface area contributed by atoms with Crippen molar-refractivity contribution >= 4 is 45.6 Å². The summed E-state index contributed by atoms with van der Waals surface area (Å²) in [5, 5.41) is 4.49. The molecule has 22 heavy (non-hydrogen) atoms. The standard InChI is InChI=1S/C15H14Cl2N2O2S/c1-8-13(10-5-4-9(16)7-11(10)17)18-15(22-8)19-14(20)12-3-2-6-21-12/h4-5,7,12H,2-3,6H2,1H3,(H,18,19,20)/t12-/m1/s1. The second-order valence-electron chi connectivity index (χ2n) is 5.04. The molecule has 2 heterocycles. The number of hydrogen-bond acceptors (Lipinski definition) is 4. The fraction of sp³-hybridized carbons (Fsp3) is 0.333. The highest BCUT2D eigenvalue weighted by Gasteiger charge is 2.24. The summed E-state index contributed by atoms with van der Waals surface area (Å²) in [6.07, 6.45) is 1.30. The van der Waals surface area contributed by atoms with Gasteiger partial charge in [0, 0.05) is 22.1 Å². The molecule has 0 aliphatic carbocycles. The highest BCUT2D eigenvalue weighted by atomic mass is 35.5. The fourth-order valence-corrected chi connectivity index (χ4v) is 3.68. The molecule has 0 unspecified atom stereocenters. The number of carbonyl (C=O) groups excluding carboxylic acids is 1. The van der Waals surface area contributed by atoms with Gasteiger partial charge in [-0.25, -0.2) is 4.98 Å². The lowest BCUT2D eigenvalue weighted by molar-refractivity contribution is -0.124. The minimum Gasteiger partial charge on any atom is -0.368 e. The lowest BCUT2D eigenvalue weighted by Crippen LogP contribution is -2.26. The van der Waals surface area contributed by atoms with Crippen LogP contribution in [0.5, 0.6) is 0 Å². The molecule has 1 aromatic carbocycles. The zero-order valence-corrected chi connectivity index (χ0v) is 14.2. The third-order valence-corrected chi connectivity index (χ3v) is 4.87. The lowest BCUT2D eigenvalue weighted by atomic mass is 10.1. The molecular weight excluding hydrogens is 343 g/mol. The normalized spacial score (nSPS) is 17.7. The molecular formula is C15H14Cl2N2O2S. The summed E-state index contributed by atoms with van der Waals surface area (Å²) in [7, 11) is 0. The van der Waals surface area contributed by atoms with Crippen molar-refractivity contribution in [3.05, 3.63) is 33.1 Å². The van der Waals surface area contributed by atoms with Gasteiger partial charge in [0.15, 0.2) is 5.13 Å². The van der Waals surface area contributed by atoms with Crippen molar-refractivity contribution in [2.75, 3.05) is 11.9 Å². The van der Waals surface area contributed by atoms with Crippen molar-refractivity contribution in [1.82, 2.24) is 4.98 Å². The monoisotopic (exact) mass is 356 g/mol. The van der Waals surface area contributed by atoms with Gasteiger partial charge in [-0.05, 0) is 38.0 Å². The Balaban J connectivity index is 1.82. The number of aryl methyl sites for hydroxylation is 1. The van der Waals surface area contributed by atoms with Gasteiger partial charge in [0.05, 0.1) is 10.7 Å². The molecule has 0 radical (unpaired) electrons. The van der Waals surface area contributed by atoms with Crippen LogP contribution in [0.2, 0.25) is 10.0 Å². The van der Waals surface area contributed by atoms with Crippen LogP contribution in [0.4, 0.5) is 5.13 Å². The molecule has 1 amide bonds. The van der Waals surface area contributed by atoms with E-state index in [4.69, 9.17) is 27.9 Å². The maximum absolute atomic E-state index is 12.1. The van der Waals surface area contributed by atoms with Crippen LogP contribution in [0, 0.1) is 6.92 Å². The average Bonchev–Trinajstić information content (AvgIpc) is 3.09. The summed E-state index contributed by atoms with van der Waals surface area (Å²) in [6, 6.07) is 5.28. The van der Waals surface area contributed by atoms with E-state index >= 15 is 0 Å². The predicted molar refractivity (Wildman–Crippen MR) is 89.9 cm³/mol. The molecule has 1 saturated heterocycles. The van der Waals surface area contributed by atoms with Gasteiger partial charge in [0.2, 0.25) is 0 Å². The summed E-state index contributed by atoms with van der Waals surface area (Å²) in [5.41, 5.74) is 1.56. The highest BCUT2D eigenvalue weighted by molar-refractivity contribution is 7.16. The number of ether oxygens (including phenoxy) is 1. The van der Waals surface area contributed by atoms with Crippen LogP contribution in [0.25, 0.3) is 11.3 Å². The van der Waals surface area contributed by atoms with Crippen molar-refractivity contribution in [3.63, 3.8) is 0 Å². The molecule has 116 valence electrons. The molecule has 0 bridgehead atoms. The Bertz CT molecular complexity index is 712. The molecule has 1 aliphatic heterocycles. The summed E-state index contributed by atoms with van der Waals surface area (Å²) >= 11 is 13.6. The Kier molecular flexibility index (Phi) is 4.68. The molecule has 4 nitrogen and oxygen atoms in total. The predicted octanol–water partition coefficient (Wildman–Crippen LogP) is 4.54. The number of halogens is 2. The van der Waals surface area contributed by atoms with E-state index in [1.54, 1.807) is 12.1 Å². The number of nitrogens with one attached hydrogen (secondary N) is 1. The molecule has 3 rings (SSSR count). The van der Waals surface area contributed by atoms with E-state index in [0.717, 1.165) is 29.0 Å². The summed E-state index contributed by atoms with van der Waals surface area (Å²) < 4.78 is 5.37. The molecule has 1 atom stereocenters. The van der Waals surface area contributed by atoms with Crippen LogP contribution >= 0.6 is 34.5 Å². The second-order valence-corrected chi connectivity index (χ2v) is 7.09. The first-order valence-corrected chi connectivity index (χ1v) is 8.47. The Morgan fingerprint density at radius 2 is 2.27 bits per heavy atom. The van der Waals surface area contributed by atoms with E-state index in [2.05, 4.69) is 10.3 Å². The molecule has 1 N–H and O–H groups in total. The van der Waals surface area contributed by atoms with Gasteiger partial charge >= 0.3 is 0 Å². The second kappa shape index (κ2) is 6.54. The topological polar surface area (TPSA) is 51.2 Å². The zero-order valence-electron chi connectivity index (χ0n) is 11.9. The maximum atomic E-state index is 12.1. The lowest BCUT2D eigenvalue weighted by Gasteiger charge is -2.07. The van der Waals surface area contributed by atoms with E-state index in [0.29, 0.717) is 21.8 Å². The van der Waals surface area contributed by atoms with Gasteiger partial charge in [0.25, 0.3) is 5.91 Å². The number of aromatic nitrogens is 1. The number of amides is 1. The third kappa shape index (κ3) is 3.27. The SMILES string of the molecule is Cc1sc(NC(=O)[C@H]2CCCO2)nc1-c1ccc(Cl)cc1Cl. The van der Waals surface area contributed by atoms with E-state index in [1.807, 2.05) is 13.0 Å². The number of benzene rings is 1. The van der Waals surface area contributed by atoms with E-state index in [-0.39, 0.29) is 12.0 Å². The Morgan fingerprint density at radius 3 is 2.95 bits per heavy atom. The van der Waals surface area contributed by atoms with Gasteiger partial charge in [-0.2, -0.15) is 0 Å². The highest BCUT2D eigenvalue weighted by Crippen LogP contribution is 2.35. The number of thiazole rings is 1. The van der Waals surface area contributed by atoms with Crippen molar-refractivity contribution in [2.24, 2.45) is 0 Å². The van der Waals surface area contributed by atoms with Crippen molar-refractivity contribution in [3.8, 4) is 11.3 Å². The number of carbonyl (C=O) groups is 1. The van der Waals surface area contributed by atoms with Crippen molar-refractivity contribution < 1.29 is 9.53 Å². The quantitative estimate of drug-likeness (QED) is 0.877. The molecule has 1 fully saturated rings. The zero-order chi connectivity index (χ0) is 15.7. The van der Waals surface area contributed by atoms with Crippen LogP contribution in [-0.2, 0) is 9.53 Å². The molecule has 1 aromatic heterocycles. The van der Waals surface area contributed by atoms with Crippen LogP contribution in [0.1, 0.15) is 17.7 Å². The smallest absolute Gasteiger partial charge is 0.255 e. The molecule has 1 aliphatic rings. The average molecular weight is 357 g/mol. The molecule has 2 aromatic rings. The number of nitrogens with zero attached hydrogens (tertiary/aromatic N) is 1. The largest absolute Gasteiger partial charge is 0.368 e. The van der Waals surface area contributed by atoms with Crippen molar-refractivity contribution in [1.29, 1.82) is 0 Å². The third-order valence-electron chi connectivity index (χ3n) is 3.44. The van der Waals surface area contributed by atoms with Gasteiger partial charge in [0.1, 0.15) is 6.10 Å². The number of rotatable bonds is 3. The first-order valence-electron chi connectivity index (χ1n) is 6.90. The van der Waals surface area contributed by atoms with Crippen LogP contribution in [-0.4, -0.2) is 23.6 Å². The Morgan fingerprint density at radius 1 is 1.45 bits per heavy atom. The van der Waals surface area contributed by atoms with Gasteiger partial charge in [-0.1, -0.05) is 23.2 Å². The number of anilines is 1. The van der Waals surface area contributed by atoms with Crippen LogP contribution in [0.15, 0.2) is 18.2 Å². The number of hydrogen-bond donors (Lipinski definition) is 1. The van der Waals surface area contributed by atoms with Crippen LogP contribution < -0.4 is 5.32 Å². The fourth-order valence-electron chi connectivity index (χ4n) is 2.35. The summed E-state index contributed by atoms with van der Waals surface area (Å²) in [6.45, 7) is 2.58. The first kappa shape index (κ1) is 15.7. The van der Waals surface area contributed by atoms with E-state index in [9.17, 15) is 4.79 Å². The Hall–Kier alpha value is -1.14. The maximum Gasteiger partial charge on any atom is 0.255 e. The van der Waals surface area contributed by atoms with Gasteiger partial charge < -0.3 is 4.74 Å². The minimum absolute atomic E-state index is 0.139. The Labute approximate surface area is 142 Å². The van der Waals surface area contributed by atoms with E-state index in [1.165, 1.54) is 11.3 Å². The van der Waals surface area contributed by atoms with Crippen molar-refractivity contribution in [2.45, 2.75) is 25.9 Å². The van der Waals surface area contributed by atoms with E-state index < -0.39 is 0 Å². The molecule has 0 saturated carbocycles. The van der Waals surface area contributed by atoms with Gasteiger partial charge in [-0.15, -0.1) is 11.3 Å². The van der Waals surface area contributed by atoms with Crippen LogP contribution in [0.3, 0.4) is 0 Å². The minimum atomic E-state index is -0.369.